The van der Waals surface area contributed by atoms with Crippen molar-refractivity contribution >= 4 is 11.9 Å². The molecule has 3 unspecified atom stereocenters. The molecule has 4 heteroatoms. The Balaban J connectivity index is 3.32. The van der Waals surface area contributed by atoms with Crippen LogP contribution in [0.15, 0.2) is 0 Å². The number of carbonyl (C=O) groups is 2. The molecule has 1 N–H and O–H groups in total. The molecule has 0 heterocycles. The first-order chi connectivity index (χ1) is 8.77. The fourth-order valence-electron chi connectivity index (χ4n) is 3.83. The zero-order valence-corrected chi connectivity index (χ0v) is 12.8. The van der Waals surface area contributed by atoms with E-state index in [4.69, 9.17) is 0 Å². The minimum atomic E-state index is -1.02. The summed E-state index contributed by atoms with van der Waals surface area (Å²) in [6, 6.07) is 0. The lowest BCUT2D eigenvalue weighted by molar-refractivity contribution is -0.169. The number of carbonyl (C=O) groups excluding carboxylic acids is 1. The Morgan fingerprint density at radius 1 is 1.37 bits per heavy atom. The lowest BCUT2D eigenvalue weighted by atomic mass is 9.64. The minimum absolute atomic E-state index is 0.0325. The highest BCUT2D eigenvalue weighted by Crippen LogP contribution is 2.45. The molecule has 0 aromatic heterocycles. The number of hydrogen-bond donors (Lipinski definition) is 1. The van der Waals surface area contributed by atoms with Crippen molar-refractivity contribution in [2.45, 2.75) is 59.4 Å². The summed E-state index contributed by atoms with van der Waals surface area (Å²) in [5.74, 6) is -0.332. The molecule has 0 aromatic carbocycles. The summed E-state index contributed by atoms with van der Waals surface area (Å²) >= 11 is 0. The van der Waals surface area contributed by atoms with Crippen molar-refractivity contribution in [2.75, 3.05) is 6.54 Å². The number of nitrogens with zero attached hydrogens (tertiary/aromatic N) is 1. The van der Waals surface area contributed by atoms with Crippen LogP contribution < -0.4 is 0 Å². The van der Waals surface area contributed by atoms with Gasteiger partial charge < -0.3 is 10.0 Å². The quantitative estimate of drug-likeness (QED) is 0.853. The number of rotatable bonds is 4. The van der Waals surface area contributed by atoms with Crippen LogP contribution in [0.5, 0.6) is 0 Å². The number of carboxylic acids is 1. The van der Waals surface area contributed by atoms with Crippen LogP contribution in [0.3, 0.4) is 0 Å². The van der Waals surface area contributed by atoms with Gasteiger partial charge in [0.05, 0.1) is 0 Å². The molecule has 3 atom stereocenters. The van der Waals surface area contributed by atoms with Crippen LogP contribution in [0.25, 0.3) is 0 Å². The van der Waals surface area contributed by atoms with Crippen LogP contribution in [0.1, 0.15) is 53.9 Å². The highest BCUT2D eigenvalue weighted by Gasteiger charge is 2.54. The highest BCUT2D eigenvalue weighted by molar-refractivity contribution is 5.86. The molecule has 1 rings (SSSR count). The van der Waals surface area contributed by atoms with Crippen LogP contribution in [0, 0.1) is 17.8 Å². The fraction of sp³-hybridized carbons (Fsp3) is 0.867. The predicted octanol–water partition coefficient (Wildman–Crippen LogP) is 2.77. The van der Waals surface area contributed by atoms with Gasteiger partial charge in [-0.2, -0.15) is 0 Å². The molecule has 0 spiro atoms. The molecule has 0 radical (unpaired) electrons. The summed E-state index contributed by atoms with van der Waals surface area (Å²) in [4.78, 5) is 25.5. The van der Waals surface area contributed by atoms with E-state index >= 15 is 0 Å². The van der Waals surface area contributed by atoms with Gasteiger partial charge in [0.25, 0.3) is 0 Å². The summed E-state index contributed by atoms with van der Waals surface area (Å²) in [5.41, 5.74) is -1.02. The van der Waals surface area contributed by atoms with Gasteiger partial charge in [-0.25, -0.2) is 4.79 Å². The SMILES string of the molecule is CCN(C(C)=O)C1(C(=O)O)CC(C)CCC1C(C)C. The molecular weight excluding hydrogens is 242 g/mol. The van der Waals surface area contributed by atoms with E-state index in [0.29, 0.717) is 18.9 Å². The van der Waals surface area contributed by atoms with E-state index in [9.17, 15) is 14.7 Å². The topological polar surface area (TPSA) is 57.6 Å². The molecule has 4 nitrogen and oxygen atoms in total. The Morgan fingerprint density at radius 3 is 2.32 bits per heavy atom. The number of amides is 1. The van der Waals surface area contributed by atoms with Crippen molar-refractivity contribution < 1.29 is 14.7 Å². The van der Waals surface area contributed by atoms with Gasteiger partial charge in [-0.05, 0) is 37.5 Å². The number of aliphatic carboxylic acids is 1. The van der Waals surface area contributed by atoms with E-state index in [2.05, 4.69) is 20.8 Å². The Hall–Kier alpha value is -1.06. The summed E-state index contributed by atoms with van der Waals surface area (Å²) in [6.07, 6.45) is 2.50. The van der Waals surface area contributed by atoms with Gasteiger partial charge in [-0.1, -0.05) is 27.2 Å². The average Bonchev–Trinajstić information content (AvgIpc) is 2.28. The van der Waals surface area contributed by atoms with Crippen LogP contribution in [-0.4, -0.2) is 34.0 Å². The van der Waals surface area contributed by atoms with E-state index in [1.54, 1.807) is 4.90 Å². The largest absolute Gasteiger partial charge is 0.479 e. The molecular formula is C15H27NO3. The van der Waals surface area contributed by atoms with Crippen molar-refractivity contribution in [3.63, 3.8) is 0 Å². The van der Waals surface area contributed by atoms with Crippen molar-refractivity contribution in [2.24, 2.45) is 17.8 Å². The molecule has 1 amide bonds. The van der Waals surface area contributed by atoms with Gasteiger partial charge in [-0.3, -0.25) is 4.79 Å². The normalized spacial score (nSPS) is 31.3. The molecule has 110 valence electrons. The Kier molecular flexibility index (Phi) is 4.99. The predicted molar refractivity (Wildman–Crippen MR) is 74.8 cm³/mol. The third-order valence-corrected chi connectivity index (χ3v) is 4.60. The fourth-order valence-corrected chi connectivity index (χ4v) is 3.83. The van der Waals surface area contributed by atoms with Crippen molar-refractivity contribution in [1.29, 1.82) is 0 Å². The van der Waals surface area contributed by atoms with E-state index in [-0.39, 0.29) is 17.7 Å². The molecule has 19 heavy (non-hydrogen) atoms. The molecule has 0 bridgehead atoms. The van der Waals surface area contributed by atoms with Crippen molar-refractivity contribution in [3.05, 3.63) is 0 Å². The summed E-state index contributed by atoms with van der Waals surface area (Å²) in [6.45, 7) is 10.0. The highest BCUT2D eigenvalue weighted by atomic mass is 16.4. The van der Waals surface area contributed by atoms with Gasteiger partial charge in [-0.15, -0.1) is 0 Å². The number of likely N-dealkylation sites (N-methyl/N-ethyl adjacent to an activating group) is 1. The van der Waals surface area contributed by atoms with Crippen LogP contribution in [0.4, 0.5) is 0 Å². The molecule has 1 saturated carbocycles. The zero-order chi connectivity index (χ0) is 14.8. The molecule has 1 aliphatic carbocycles. The second-order valence-electron chi connectivity index (χ2n) is 6.23. The van der Waals surface area contributed by atoms with E-state index in [0.717, 1.165) is 12.8 Å². The minimum Gasteiger partial charge on any atom is -0.479 e. The summed E-state index contributed by atoms with van der Waals surface area (Å²) < 4.78 is 0. The van der Waals surface area contributed by atoms with Crippen molar-refractivity contribution in [3.8, 4) is 0 Å². The van der Waals surface area contributed by atoms with Crippen LogP contribution in [0.2, 0.25) is 0 Å². The smallest absolute Gasteiger partial charge is 0.329 e. The third-order valence-electron chi connectivity index (χ3n) is 4.60. The summed E-state index contributed by atoms with van der Waals surface area (Å²) in [5, 5.41) is 9.88. The first-order valence-corrected chi connectivity index (χ1v) is 7.28. The summed E-state index contributed by atoms with van der Waals surface area (Å²) in [7, 11) is 0. The Morgan fingerprint density at radius 2 is 1.95 bits per heavy atom. The lowest BCUT2D eigenvalue weighted by Gasteiger charge is -2.51. The van der Waals surface area contributed by atoms with Crippen LogP contribution in [-0.2, 0) is 9.59 Å². The molecule has 0 saturated heterocycles. The molecule has 1 aliphatic rings. The Labute approximate surface area is 116 Å². The van der Waals surface area contributed by atoms with Gasteiger partial charge in [0.2, 0.25) is 5.91 Å². The first kappa shape index (κ1) is 16.0. The number of hydrogen-bond acceptors (Lipinski definition) is 2. The van der Waals surface area contributed by atoms with Gasteiger partial charge >= 0.3 is 5.97 Å². The van der Waals surface area contributed by atoms with Crippen LogP contribution >= 0.6 is 0 Å². The maximum atomic E-state index is 12.0. The Bertz CT molecular complexity index is 353. The van der Waals surface area contributed by atoms with Crippen molar-refractivity contribution in [1.82, 2.24) is 4.90 Å². The number of carboxylic acid groups (broad SMARTS) is 1. The van der Waals surface area contributed by atoms with Gasteiger partial charge in [0.15, 0.2) is 0 Å². The van der Waals surface area contributed by atoms with Gasteiger partial charge in [0.1, 0.15) is 5.54 Å². The van der Waals surface area contributed by atoms with E-state index < -0.39 is 11.5 Å². The maximum absolute atomic E-state index is 12.0. The molecule has 0 aliphatic heterocycles. The third kappa shape index (κ3) is 2.77. The average molecular weight is 269 g/mol. The maximum Gasteiger partial charge on any atom is 0.329 e. The molecule has 0 aromatic rings. The second-order valence-corrected chi connectivity index (χ2v) is 6.23. The van der Waals surface area contributed by atoms with E-state index in [1.165, 1.54) is 6.92 Å². The second kappa shape index (κ2) is 5.93. The first-order valence-electron chi connectivity index (χ1n) is 7.28. The van der Waals surface area contributed by atoms with Gasteiger partial charge in [0, 0.05) is 13.5 Å². The lowest BCUT2D eigenvalue weighted by Crippen LogP contribution is -2.64. The molecule has 1 fully saturated rings. The zero-order valence-electron chi connectivity index (χ0n) is 12.8. The van der Waals surface area contributed by atoms with E-state index in [1.807, 2.05) is 6.92 Å². The standard InChI is InChI=1S/C15H27NO3/c1-6-16(12(5)17)15(14(18)19)9-11(4)7-8-13(15)10(2)3/h10-11,13H,6-9H2,1-5H3,(H,18,19). The monoisotopic (exact) mass is 269 g/mol.